The summed E-state index contributed by atoms with van der Waals surface area (Å²) < 4.78 is 38.2. The number of primary sulfonamides is 1. The van der Waals surface area contributed by atoms with Crippen LogP contribution >= 0.6 is 11.6 Å². The van der Waals surface area contributed by atoms with Crippen LogP contribution in [0.1, 0.15) is 24.8 Å². The maximum atomic E-state index is 14.5. The van der Waals surface area contributed by atoms with Crippen molar-refractivity contribution in [1.29, 1.82) is 0 Å². The fourth-order valence-electron chi connectivity index (χ4n) is 3.69. The fraction of sp³-hybridized carbons (Fsp3) is 0.150. The van der Waals surface area contributed by atoms with E-state index in [2.05, 4.69) is 20.8 Å². The number of H-pyrrole nitrogens is 1. The van der Waals surface area contributed by atoms with Gasteiger partial charge in [-0.1, -0.05) is 17.7 Å². The summed E-state index contributed by atoms with van der Waals surface area (Å²) in [4.78, 5) is 25.0. The van der Waals surface area contributed by atoms with E-state index in [1.165, 1.54) is 43.5 Å². The molecule has 0 aliphatic carbocycles. The molecule has 2 heterocycles. The Kier molecular flexibility index (Phi) is 5.49. The summed E-state index contributed by atoms with van der Waals surface area (Å²) >= 11 is 5.96. The van der Waals surface area contributed by atoms with Crippen LogP contribution in [0.25, 0.3) is 10.9 Å². The molecule has 2 aromatic carbocycles. The molecule has 166 valence electrons. The molecule has 0 radical (unpaired) electrons. The molecule has 1 unspecified atom stereocenters. The molecule has 4 rings (SSSR count). The number of rotatable bonds is 4. The molecule has 0 saturated heterocycles. The second-order valence-electron chi connectivity index (χ2n) is 7.32. The van der Waals surface area contributed by atoms with Crippen molar-refractivity contribution in [3.8, 4) is 0 Å². The molecule has 0 bridgehead atoms. The number of aromatic nitrogens is 2. The molecule has 3 aromatic rings. The summed E-state index contributed by atoms with van der Waals surface area (Å²) in [5.41, 5.74) is 1.17. The molecule has 0 fully saturated rings. The second kappa shape index (κ2) is 8.01. The van der Waals surface area contributed by atoms with E-state index in [9.17, 15) is 22.4 Å². The van der Waals surface area contributed by atoms with Crippen LogP contribution in [0.3, 0.4) is 0 Å². The standard InChI is InChI=1S/C20H17ClFN5O4S/c1-9-19(20(29)26-16-4-11-8-24-27-15(11)7-14(16)22)12(6-18(28)25-9)10-2-3-13(21)17(5-10)32(23,30)31/h2-5,7-8,12H,6H2,1H3,(H,24,27)(H,25,28)(H,26,29)(H2,23,30,31). The van der Waals surface area contributed by atoms with E-state index in [1.807, 2.05) is 0 Å². The highest BCUT2D eigenvalue weighted by atomic mass is 35.5. The average molecular weight is 478 g/mol. The second-order valence-corrected chi connectivity index (χ2v) is 9.26. The molecule has 0 saturated carbocycles. The summed E-state index contributed by atoms with van der Waals surface area (Å²) in [5, 5.41) is 17.3. The number of halogens is 2. The lowest BCUT2D eigenvalue weighted by Gasteiger charge is -2.27. The van der Waals surface area contributed by atoms with Gasteiger partial charge in [0.2, 0.25) is 15.9 Å². The topological polar surface area (TPSA) is 147 Å². The number of hydrogen-bond acceptors (Lipinski definition) is 5. The minimum absolute atomic E-state index is 0.0684. The van der Waals surface area contributed by atoms with Crippen LogP contribution in [0.15, 0.2) is 52.7 Å². The third-order valence-corrected chi connectivity index (χ3v) is 6.55. The van der Waals surface area contributed by atoms with Crippen LogP contribution in [0.4, 0.5) is 10.1 Å². The van der Waals surface area contributed by atoms with Gasteiger partial charge in [0.1, 0.15) is 10.7 Å². The van der Waals surface area contributed by atoms with Crippen LogP contribution in [-0.4, -0.2) is 30.4 Å². The van der Waals surface area contributed by atoms with Crippen LogP contribution in [-0.2, 0) is 19.6 Å². The summed E-state index contributed by atoms with van der Waals surface area (Å²) in [6.45, 7) is 1.53. The number of carbonyl (C=O) groups excluding carboxylic acids is 2. The molecule has 1 aliphatic heterocycles. The van der Waals surface area contributed by atoms with Gasteiger partial charge in [0, 0.05) is 35.1 Å². The predicted molar refractivity (Wildman–Crippen MR) is 116 cm³/mol. The summed E-state index contributed by atoms with van der Waals surface area (Å²) in [6, 6.07) is 6.72. The summed E-state index contributed by atoms with van der Waals surface area (Å²) in [6.07, 6.45) is 1.36. The minimum Gasteiger partial charge on any atom is -0.330 e. The van der Waals surface area contributed by atoms with E-state index in [1.54, 1.807) is 0 Å². The third kappa shape index (κ3) is 4.09. The summed E-state index contributed by atoms with van der Waals surface area (Å²) in [7, 11) is -4.14. The molecule has 0 spiro atoms. The van der Waals surface area contributed by atoms with Crippen molar-refractivity contribution in [2.75, 3.05) is 5.32 Å². The van der Waals surface area contributed by atoms with Gasteiger partial charge in [0.05, 0.1) is 22.4 Å². The number of hydrogen-bond donors (Lipinski definition) is 4. The van der Waals surface area contributed by atoms with Gasteiger partial charge in [0.25, 0.3) is 5.91 Å². The first kappa shape index (κ1) is 21.9. The number of carbonyl (C=O) groups is 2. The Morgan fingerprint density at radius 3 is 2.78 bits per heavy atom. The number of anilines is 1. The predicted octanol–water partition coefficient (Wildman–Crippen LogP) is 2.52. The molecule has 2 amide bonds. The number of fused-ring (bicyclic) bond motifs is 1. The Hall–Kier alpha value is -3.28. The van der Waals surface area contributed by atoms with E-state index in [4.69, 9.17) is 16.7 Å². The molecule has 32 heavy (non-hydrogen) atoms. The van der Waals surface area contributed by atoms with Gasteiger partial charge >= 0.3 is 0 Å². The Labute approximate surface area is 186 Å². The Balaban J connectivity index is 1.75. The molecule has 5 N–H and O–H groups in total. The number of nitrogens with one attached hydrogen (secondary N) is 3. The van der Waals surface area contributed by atoms with Crippen LogP contribution in [0.2, 0.25) is 5.02 Å². The number of allylic oxidation sites excluding steroid dienone is 1. The maximum Gasteiger partial charge on any atom is 0.254 e. The average Bonchev–Trinajstić information content (AvgIpc) is 3.14. The van der Waals surface area contributed by atoms with Gasteiger partial charge in [-0.05, 0) is 30.7 Å². The quantitative estimate of drug-likeness (QED) is 0.456. The monoisotopic (exact) mass is 477 g/mol. The smallest absolute Gasteiger partial charge is 0.254 e. The first-order valence-corrected chi connectivity index (χ1v) is 11.2. The number of benzene rings is 2. The molecule has 9 nitrogen and oxygen atoms in total. The lowest BCUT2D eigenvalue weighted by Crippen LogP contribution is -2.35. The van der Waals surface area contributed by atoms with Crippen LogP contribution < -0.4 is 15.8 Å². The van der Waals surface area contributed by atoms with E-state index in [-0.39, 0.29) is 39.2 Å². The summed E-state index contributed by atoms with van der Waals surface area (Å²) in [5.74, 6) is -2.49. The van der Waals surface area contributed by atoms with Crippen LogP contribution in [0, 0.1) is 5.82 Å². The van der Waals surface area contributed by atoms with Gasteiger partial charge in [-0.3, -0.25) is 14.7 Å². The minimum atomic E-state index is -4.14. The molecule has 1 aliphatic rings. The first-order chi connectivity index (χ1) is 15.0. The van der Waals surface area contributed by atoms with E-state index >= 15 is 0 Å². The lowest BCUT2D eigenvalue weighted by molar-refractivity contribution is -0.121. The number of amides is 2. The highest BCUT2D eigenvalue weighted by Crippen LogP contribution is 2.36. The van der Waals surface area contributed by atoms with Crippen molar-refractivity contribution in [3.05, 3.63) is 64.2 Å². The third-order valence-electron chi connectivity index (χ3n) is 5.15. The van der Waals surface area contributed by atoms with Crippen molar-refractivity contribution in [3.63, 3.8) is 0 Å². The SMILES string of the molecule is CC1=C(C(=O)Nc2cc3cn[nH]c3cc2F)C(c2ccc(Cl)c(S(N)(=O)=O)c2)CC(=O)N1. The Morgan fingerprint density at radius 1 is 1.31 bits per heavy atom. The fourth-order valence-corrected chi connectivity index (χ4v) is 4.77. The van der Waals surface area contributed by atoms with Crippen molar-refractivity contribution in [2.45, 2.75) is 24.2 Å². The zero-order valence-electron chi connectivity index (χ0n) is 16.6. The van der Waals surface area contributed by atoms with Crippen molar-refractivity contribution in [1.82, 2.24) is 15.5 Å². The zero-order valence-corrected chi connectivity index (χ0v) is 18.1. The largest absolute Gasteiger partial charge is 0.330 e. The molecular weight excluding hydrogens is 461 g/mol. The number of aromatic amines is 1. The van der Waals surface area contributed by atoms with E-state index in [0.29, 0.717) is 16.5 Å². The zero-order chi connectivity index (χ0) is 23.2. The van der Waals surface area contributed by atoms with E-state index in [0.717, 1.165) is 0 Å². The van der Waals surface area contributed by atoms with Gasteiger partial charge in [-0.25, -0.2) is 17.9 Å². The Bertz CT molecular complexity index is 1420. The first-order valence-electron chi connectivity index (χ1n) is 9.31. The number of nitrogens with zero attached hydrogens (tertiary/aromatic N) is 1. The van der Waals surface area contributed by atoms with Gasteiger partial charge < -0.3 is 10.6 Å². The van der Waals surface area contributed by atoms with Gasteiger partial charge in [-0.15, -0.1) is 0 Å². The normalized spacial score (nSPS) is 16.9. The molecular formula is C20H17ClFN5O4S. The van der Waals surface area contributed by atoms with Crippen LogP contribution in [0.5, 0.6) is 0 Å². The number of sulfonamides is 1. The molecule has 1 aromatic heterocycles. The Morgan fingerprint density at radius 2 is 2.06 bits per heavy atom. The lowest BCUT2D eigenvalue weighted by atomic mass is 9.84. The molecule has 12 heteroatoms. The maximum absolute atomic E-state index is 14.5. The van der Waals surface area contributed by atoms with Crippen molar-refractivity contribution < 1.29 is 22.4 Å². The molecule has 1 atom stereocenters. The van der Waals surface area contributed by atoms with Crippen molar-refractivity contribution >= 4 is 50.0 Å². The van der Waals surface area contributed by atoms with Gasteiger partial charge in [0.15, 0.2) is 0 Å². The highest BCUT2D eigenvalue weighted by molar-refractivity contribution is 7.89. The number of nitrogens with two attached hydrogens (primary N) is 1. The van der Waals surface area contributed by atoms with Crippen molar-refractivity contribution in [2.24, 2.45) is 5.14 Å². The van der Waals surface area contributed by atoms with E-state index < -0.39 is 27.7 Å². The highest BCUT2D eigenvalue weighted by Gasteiger charge is 2.33. The van der Waals surface area contributed by atoms with Gasteiger partial charge in [-0.2, -0.15) is 5.10 Å².